The number of amides is 1. The van der Waals surface area contributed by atoms with E-state index in [1.54, 1.807) is 6.92 Å². The maximum Gasteiger partial charge on any atom is 0.251 e. The predicted octanol–water partition coefficient (Wildman–Crippen LogP) is 2.31. The Morgan fingerprint density at radius 3 is 2.33 bits per heavy atom. The van der Waals surface area contributed by atoms with Crippen LogP contribution in [0.25, 0.3) is 0 Å². The third-order valence-corrected chi connectivity index (χ3v) is 5.85. The molecule has 0 bridgehead atoms. The van der Waals surface area contributed by atoms with Crippen molar-refractivity contribution in [2.24, 2.45) is 0 Å². The molecule has 1 N–H and O–H groups in total. The van der Waals surface area contributed by atoms with Crippen LogP contribution >= 0.6 is 23.2 Å². The third kappa shape index (κ3) is 3.62. The van der Waals surface area contributed by atoms with Crippen LogP contribution in [0.3, 0.4) is 0 Å². The number of sulfone groups is 1. The number of benzene rings is 1. The van der Waals surface area contributed by atoms with Gasteiger partial charge in [0.15, 0.2) is 15.6 Å². The minimum Gasteiger partial charge on any atom is -0.494 e. The van der Waals surface area contributed by atoms with Gasteiger partial charge in [-0.25, -0.2) is 8.42 Å². The second-order valence-electron chi connectivity index (χ2n) is 5.33. The molecule has 0 aliphatic carbocycles. The molecule has 1 unspecified atom stereocenters. The predicted molar refractivity (Wildman–Crippen MR) is 82.2 cm³/mol. The van der Waals surface area contributed by atoms with Crippen molar-refractivity contribution in [3.63, 3.8) is 0 Å². The summed E-state index contributed by atoms with van der Waals surface area (Å²) >= 11 is 12.0. The van der Waals surface area contributed by atoms with Crippen LogP contribution in [0.1, 0.15) is 23.7 Å². The van der Waals surface area contributed by atoms with Crippen molar-refractivity contribution in [3.8, 4) is 5.75 Å². The Morgan fingerprint density at radius 1 is 1.33 bits per heavy atom. The topological polar surface area (TPSA) is 72.5 Å². The quantitative estimate of drug-likeness (QED) is 0.906. The van der Waals surface area contributed by atoms with Gasteiger partial charge < -0.3 is 10.1 Å². The van der Waals surface area contributed by atoms with Gasteiger partial charge in [-0.05, 0) is 25.5 Å². The molecule has 116 valence electrons. The average molecular weight is 352 g/mol. The lowest BCUT2D eigenvalue weighted by Crippen LogP contribution is -2.46. The maximum absolute atomic E-state index is 12.3. The highest BCUT2D eigenvalue weighted by molar-refractivity contribution is 7.91. The van der Waals surface area contributed by atoms with Gasteiger partial charge in [-0.3, -0.25) is 4.79 Å². The average Bonchev–Trinajstić information content (AvgIpc) is 2.62. The van der Waals surface area contributed by atoms with Crippen LogP contribution < -0.4 is 10.1 Å². The normalized spacial score (nSPS) is 23.8. The number of nitrogens with one attached hydrogen (secondary N) is 1. The first-order valence-corrected chi connectivity index (χ1v) is 8.79. The largest absolute Gasteiger partial charge is 0.494 e. The van der Waals surface area contributed by atoms with E-state index in [0.29, 0.717) is 12.2 Å². The smallest absolute Gasteiger partial charge is 0.251 e. The summed E-state index contributed by atoms with van der Waals surface area (Å²) < 4.78 is 28.1. The van der Waals surface area contributed by atoms with E-state index in [9.17, 15) is 13.2 Å². The molecule has 0 spiro atoms. The molecule has 0 aromatic heterocycles. The van der Waals surface area contributed by atoms with Crippen molar-refractivity contribution < 1.29 is 17.9 Å². The van der Waals surface area contributed by atoms with Crippen molar-refractivity contribution in [2.45, 2.75) is 18.9 Å². The molecule has 2 rings (SSSR count). The SMILES string of the molecule is COc1c(Cl)cc(C(=O)NC2(C)CCS(=O)(=O)C2)cc1Cl. The zero-order chi connectivity index (χ0) is 15.8. The Hall–Kier alpha value is -0.980. The molecule has 0 saturated carbocycles. The monoisotopic (exact) mass is 351 g/mol. The Bertz CT molecular complexity index is 666. The van der Waals surface area contributed by atoms with Crippen molar-refractivity contribution in [3.05, 3.63) is 27.7 Å². The highest BCUT2D eigenvalue weighted by Gasteiger charge is 2.39. The van der Waals surface area contributed by atoms with Gasteiger partial charge in [0.1, 0.15) is 0 Å². The van der Waals surface area contributed by atoms with Crippen molar-refractivity contribution in [2.75, 3.05) is 18.6 Å². The number of carbonyl (C=O) groups excluding carboxylic acids is 1. The minimum absolute atomic E-state index is 0.0661. The molecular weight excluding hydrogens is 337 g/mol. The Balaban J connectivity index is 2.22. The zero-order valence-corrected chi connectivity index (χ0v) is 13.9. The minimum atomic E-state index is -3.10. The van der Waals surface area contributed by atoms with E-state index in [2.05, 4.69) is 5.32 Å². The molecule has 1 aromatic carbocycles. The highest BCUT2D eigenvalue weighted by Crippen LogP contribution is 2.34. The fourth-order valence-corrected chi connectivity index (χ4v) is 5.08. The van der Waals surface area contributed by atoms with Crippen LogP contribution in [0, 0.1) is 0 Å². The summed E-state index contributed by atoms with van der Waals surface area (Å²) in [6.45, 7) is 1.71. The molecule has 8 heteroatoms. The van der Waals surface area contributed by atoms with Gasteiger partial charge in [-0.2, -0.15) is 0 Å². The van der Waals surface area contributed by atoms with E-state index in [1.165, 1.54) is 19.2 Å². The third-order valence-electron chi connectivity index (χ3n) is 3.38. The van der Waals surface area contributed by atoms with Gasteiger partial charge in [0.25, 0.3) is 5.91 Å². The number of rotatable bonds is 3. The lowest BCUT2D eigenvalue weighted by Gasteiger charge is -2.24. The number of hydrogen-bond donors (Lipinski definition) is 1. The second-order valence-corrected chi connectivity index (χ2v) is 8.33. The first kappa shape index (κ1) is 16.4. The Morgan fingerprint density at radius 2 is 1.90 bits per heavy atom. The van der Waals surface area contributed by atoms with Crippen LogP contribution in [0.2, 0.25) is 10.0 Å². The fourth-order valence-electron chi connectivity index (χ4n) is 2.34. The first-order chi connectivity index (χ1) is 9.66. The molecule has 5 nitrogen and oxygen atoms in total. The molecule has 1 saturated heterocycles. The van der Waals surface area contributed by atoms with Gasteiger partial charge >= 0.3 is 0 Å². The van der Waals surface area contributed by atoms with Crippen LogP contribution in [-0.4, -0.2) is 38.5 Å². The summed E-state index contributed by atoms with van der Waals surface area (Å²) in [6, 6.07) is 2.88. The van der Waals surface area contributed by atoms with Gasteiger partial charge in [-0.1, -0.05) is 23.2 Å². The number of halogens is 2. The number of carbonyl (C=O) groups is 1. The summed E-state index contributed by atoms with van der Waals surface area (Å²) in [5, 5.41) is 3.19. The number of hydrogen-bond acceptors (Lipinski definition) is 4. The van der Waals surface area contributed by atoms with Crippen molar-refractivity contribution in [1.29, 1.82) is 0 Å². The standard InChI is InChI=1S/C13H15Cl2NO4S/c1-13(3-4-21(18,19)7-13)16-12(17)8-5-9(14)11(20-2)10(15)6-8/h5-6H,3-4,7H2,1-2H3,(H,16,17). The van der Waals surface area contributed by atoms with E-state index in [1.807, 2.05) is 0 Å². The van der Waals surface area contributed by atoms with E-state index in [-0.39, 0.29) is 27.1 Å². The fraction of sp³-hybridized carbons (Fsp3) is 0.462. The summed E-state index contributed by atoms with van der Waals surface area (Å²) in [7, 11) is -1.67. The van der Waals surface area contributed by atoms with Crippen LogP contribution in [0.4, 0.5) is 0 Å². The van der Waals surface area contributed by atoms with Gasteiger partial charge in [-0.15, -0.1) is 0 Å². The molecule has 1 atom stereocenters. The number of ether oxygens (including phenoxy) is 1. The summed E-state index contributed by atoms with van der Waals surface area (Å²) in [6.07, 6.45) is 0.388. The molecule has 1 aliphatic heterocycles. The molecule has 0 radical (unpaired) electrons. The van der Waals surface area contributed by atoms with Gasteiger partial charge in [0, 0.05) is 5.56 Å². The molecule has 1 aliphatic rings. The molecule has 1 heterocycles. The van der Waals surface area contributed by atoms with E-state index in [4.69, 9.17) is 27.9 Å². The van der Waals surface area contributed by atoms with E-state index >= 15 is 0 Å². The summed E-state index contributed by atoms with van der Waals surface area (Å²) in [4.78, 5) is 12.3. The molecule has 1 fully saturated rings. The van der Waals surface area contributed by atoms with Crippen molar-refractivity contribution >= 4 is 38.9 Å². The Labute approximate surface area is 133 Å². The summed E-state index contributed by atoms with van der Waals surface area (Å²) in [5.74, 6) is -0.109. The molecule has 21 heavy (non-hydrogen) atoms. The van der Waals surface area contributed by atoms with Gasteiger partial charge in [0.05, 0.1) is 34.2 Å². The summed E-state index contributed by atoms with van der Waals surface area (Å²) in [5.41, 5.74) is -0.509. The molecule has 1 amide bonds. The molecule has 1 aromatic rings. The van der Waals surface area contributed by atoms with Crippen LogP contribution in [-0.2, 0) is 9.84 Å². The lowest BCUT2D eigenvalue weighted by atomic mass is 10.0. The van der Waals surface area contributed by atoms with E-state index in [0.717, 1.165) is 0 Å². The van der Waals surface area contributed by atoms with Crippen molar-refractivity contribution in [1.82, 2.24) is 5.32 Å². The Kier molecular flexibility index (Phi) is 4.42. The zero-order valence-electron chi connectivity index (χ0n) is 11.6. The van der Waals surface area contributed by atoms with E-state index < -0.39 is 21.3 Å². The highest BCUT2D eigenvalue weighted by atomic mass is 35.5. The van der Waals surface area contributed by atoms with Crippen LogP contribution in [0.15, 0.2) is 12.1 Å². The van der Waals surface area contributed by atoms with Gasteiger partial charge in [0.2, 0.25) is 0 Å². The lowest BCUT2D eigenvalue weighted by molar-refractivity contribution is 0.0915. The number of methoxy groups -OCH3 is 1. The molecular formula is C13H15Cl2NO4S. The second kappa shape index (κ2) is 5.66. The maximum atomic E-state index is 12.3. The van der Waals surface area contributed by atoms with Crippen LogP contribution in [0.5, 0.6) is 5.75 Å². The first-order valence-electron chi connectivity index (χ1n) is 6.22.